The number of aliphatic hydroxyl groups is 1. The minimum atomic E-state index is 0.158. The van der Waals surface area contributed by atoms with Gasteiger partial charge in [0.1, 0.15) is 0 Å². The van der Waals surface area contributed by atoms with Crippen molar-refractivity contribution >= 4 is 11.4 Å². The molecule has 1 saturated heterocycles. The van der Waals surface area contributed by atoms with Crippen LogP contribution in [-0.2, 0) is 4.74 Å². The molecular formula is C12H18N2O2. The third-order valence-corrected chi connectivity index (χ3v) is 2.68. The monoisotopic (exact) mass is 222 g/mol. The standard InChI is InChI=1S/C12H18N2O2/c15-8-5-13-11-1-3-12(4-2-11)14-6-9-16-10-7-14/h1-4,13,15H,5-10H2. The topological polar surface area (TPSA) is 44.7 Å². The molecule has 0 radical (unpaired) electrons. The Labute approximate surface area is 95.8 Å². The van der Waals surface area contributed by atoms with Crippen molar-refractivity contribution in [1.29, 1.82) is 0 Å². The fraction of sp³-hybridized carbons (Fsp3) is 0.500. The lowest BCUT2D eigenvalue weighted by Crippen LogP contribution is -2.36. The first kappa shape index (κ1) is 11.2. The second kappa shape index (κ2) is 5.72. The number of benzene rings is 1. The van der Waals surface area contributed by atoms with Gasteiger partial charge in [-0.2, -0.15) is 0 Å². The molecule has 0 unspecified atom stereocenters. The molecule has 0 aromatic heterocycles. The zero-order valence-corrected chi connectivity index (χ0v) is 9.35. The number of morpholine rings is 1. The SMILES string of the molecule is OCCNc1ccc(N2CCOCC2)cc1. The highest BCUT2D eigenvalue weighted by atomic mass is 16.5. The van der Waals surface area contributed by atoms with Crippen molar-refractivity contribution in [2.75, 3.05) is 49.7 Å². The van der Waals surface area contributed by atoms with E-state index in [4.69, 9.17) is 9.84 Å². The van der Waals surface area contributed by atoms with E-state index < -0.39 is 0 Å². The average molecular weight is 222 g/mol. The minimum absolute atomic E-state index is 0.158. The van der Waals surface area contributed by atoms with Crippen molar-refractivity contribution in [3.63, 3.8) is 0 Å². The van der Waals surface area contributed by atoms with E-state index in [1.807, 2.05) is 12.1 Å². The van der Waals surface area contributed by atoms with E-state index in [-0.39, 0.29) is 6.61 Å². The number of nitrogens with zero attached hydrogens (tertiary/aromatic N) is 1. The lowest BCUT2D eigenvalue weighted by atomic mass is 10.2. The Balaban J connectivity index is 1.95. The molecule has 16 heavy (non-hydrogen) atoms. The van der Waals surface area contributed by atoms with E-state index in [1.54, 1.807) is 0 Å². The van der Waals surface area contributed by atoms with Crippen LogP contribution in [0.5, 0.6) is 0 Å². The molecule has 1 aromatic rings. The third-order valence-electron chi connectivity index (χ3n) is 2.68. The molecular weight excluding hydrogens is 204 g/mol. The Morgan fingerprint density at radius 1 is 1.19 bits per heavy atom. The number of hydrogen-bond acceptors (Lipinski definition) is 4. The van der Waals surface area contributed by atoms with Crippen LogP contribution in [0, 0.1) is 0 Å². The zero-order valence-electron chi connectivity index (χ0n) is 9.35. The maximum absolute atomic E-state index is 8.70. The highest BCUT2D eigenvalue weighted by molar-refractivity contribution is 5.55. The molecule has 0 saturated carbocycles. The molecule has 88 valence electrons. The number of anilines is 2. The second-order valence-electron chi connectivity index (χ2n) is 3.80. The Bertz CT molecular complexity index is 307. The number of aliphatic hydroxyl groups excluding tert-OH is 1. The highest BCUT2D eigenvalue weighted by Gasteiger charge is 2.10. The Kier molecular flexibility index (Phi) is 4.02. The average Bonchev–Trinajstić information content (AvgIpc) is 2.38. The molecule has 1 aliphatic rings. The summed E-state index contributed by atoms with van der Waals surface area (Å²) in [6, 6.07) is 8.29. The summed E-state index contributed by atoms with van der Waals surface area (Å²) in [5.41, 5.74) is 2.28. The quantitative estimate of drug-likeness (QED) is 0.795. The molecule has 1 fully saturated rings. The first-order valence-electron chi connectivity index (χ1n) is 5.67. The summed E-state index contributed by atoms with van der Waals surface area (Å²) < 4.78 is 5.32. The summed E-state index contributed by atoms with van der Waals surface area (Å²) in [6.45, 7) is 4.30. The van der Waals surface area contributed by atoms with E-state index in [2.05, 4.69) is 22.3 Å². The summed E-state index contributed by atoms with van der Waals surface area (Å²) in [4.78, 5) is 2.32. The first-order chi connectivity index (χ1) is 7.90. The Morgan fingerprint density at radius 3 is 2.50 bits per heavy atom. The molecule has 0 spiro atoms. The summed E-state index contributed by atoms with van der Waals surface area (Å²) in [5, 5.41) is 11.8. The molecule has 4 nitrogen and oxygen atoms in total. The van der Waals surface area contributed by atoms with Crippen LogP contribution in [0.2, 0.25) is 0 Å². The summed E-state index contributed by atoms with van der Waals surface area (Å²) >= 11 is 0. The van der Waals surface area contributed by atoms with E-state index in [1.165, 1.54) is 5.69 Å². The lowest BCUT2D eigenvalue weighted by molar-refractivity contribution is 0.122. The van der Waals surface area contributed by atoms with E-state index in [0.717, 1.165) is 32.0 Å². The number of nitrogens with one attached hydrogen (secondary N) is 1. The van der Waals surface area contributed by atoms with Crippen molar-refractivity contribution < 1.29 is 9.84 Å². The van der Waals surface area contributed by atoms with Crippen LogP contribution in [0.3, 0.4) is 0 Å². The molecule has 0 aliphatic carbocycles. The van der Waals surface area contributed by atoms with Crippen LogP contribution in [0.1, 0.15) is 0 Å². The molecule has 1 heterocycles. The molecule has 2 N–H and O–H groups in total. The normalized spacial score (nSPS) is 16.2. The van der Waals surface area contributed by atoms with Gasteiger partial charge < -0.3 is 20.1 Å². The third kappa shape index (κ3) is 2.87. The molecule has 0 atom stereocenters. The predicted molar refractivity (Wildman–Crippen MR) is 65.0 cm³/mol. The van der Waals surface area contributed by atoms with E-state index in [9.17, 15) is 0 Å². The van der Waals surface area contributed by atoms with Gasteiger partial charge in [-0.1, -0.05) is 0 Å². The van der Waals surface area contributed by atoms with Crippen molar-refractivity contribution in [3.8, 4) is 0 Å². The van der Waals surface area contributed by atoms with Gasteiger partial charge in [0.05, 0.1) is 19.8 Å². The highest BCUT2D eigenvalue weighted by Crippen LogP contribution is 2.18. The van der Waals surface area contributed by atoms with Gasteiger partial charge in [-0.3, -0.25) is 0 Å². The maximum atomic E-state index is 8.70. The Hall–Kier alpha value is -1.26. The summed E-state index contributed by atoms with van der Waals surface area (Å²) in [5.74, 6) is 0. The van der Waals surface area contributed by atoms with Crippen molar-refractivity contribution in [1.82, 2.24) is 0 Å². The van der Waals surface area contributed by atoms with Gasteiger partial charge in [-0.15, -0.1) is 0 Å². The van der Waals surface area contributed by atoms with Crippen LogP contribution in [-0.4, -0.2) is 44.6 Å². The first-order valence-corrected chi connectivity index (χ1v) is 5.67. The molecule has 1 aliphatic heterocycles. The van der Waals surface area contributed by atoms with Crippen molar-refractivity contribution in [2.45, 2.75) is 0 Å². The van der Waals surface area contributed by atoms with Crippen LogP contribution in [0.25, 0.3) is 0 Å². The van der Waals surface area contributed by atoms with E-state index in [0.29, 0.717) is 6.54 Å². The zero-order chi connectivity index (χ0) is 11.2. The fourth-order valence-electron chi connectivity index (χ4n) is 1.81. The minimum Gasteiger partial charge on any atom is -0.395 e. The van der Waals surface area contributed by atoms with Crippen LogP contribution < -0.4 is 10.2 Å². The lowest BCUT2D eigenvalue weighted by Gasteiger charge is -2.28. The van der Waals surface area contributed by atoms with Gasteiger partial charge in [0.15, 0.2) is 0 Å². The molecule has 0 bridgehead atoms. The van der Waals surface area contributed by atoms with Crippen molar-refractivity contribution in [3.05, 3.63) is 24.3 Å². The predicted octanol–water partition coefficient (Wildman–Crippen LogP) is 0.927. The van der Waals surface area contributed by atoms with Gasteiger partial charge in [-0.05, 0) is 24.3 Å². The smallest absolute Gasteiger partial charge is 0.0642 e. The Morgan fingerprint density at radius 2 is 1.88 bits per heavy atom. The number of ether oxygens (including phenoxy) is 1. The molecule has 4 heteroatoms. The fourth-order valence-corrected chi connectivity index (χ4v) is 1.81. The van der Waals surface area contributed by atoms with Gasteiger partial charge in [0.25, 0.3) is 0 Å². The maximum Gasteiger partial charge on any atom is 0.0642 e. The van der Waals surface area contributed by atoms with Gasteiger partial charge in [0.2, 0.25) is 0 Å². The second-order valence-corrected chi connectivity index (χ2v) is 3.80. The van der Waals surface area contributed by atoms with Crippen LogP contribution >= 0.6 is 0 Å². The van der Waals surface area contributed by atoms with E-state index >= 15 is 0 Å². The summed E-state index contributed by atoms with van der Waals surface area (Å²) in [7, 11) is 0. The molecule has 1 aromatic carbocycles. The van der Waals surface area contributed by atoms with Crippen LogP contribution in [0.4, 0.5) is 11.4 Å². The van der Waals surface area contributed by atoms with Crippen LogP contribution in [0.15, 0.2) is 24.3 Å². The summed E-state index contributed by atoms with van der Waals surface area (Å²) in [6.07, 6.45) is 0. The molecule has 0 amide bonds. The largest absolute Gasteiger partial charge is 0.395 e. The molecule has 2 rings (SSSR count). The number of hydrogen-bond donors (Lipinski definition) is 2. The van der Waals surface area contributed by atoms with Gasteiger partial charge >= 0.3 is 0 Å². The van der Waals surface area contributed by atoms with Gasteiger partial charge in [-0.25, -0.2) is 0 Å². The van der Waals surface area contributed by atoms with Crippen molar-refractivity contribution in [2.24, 2.45) is 0 Å². The number of rotatable bonds is 4. The van der Waals surface area contributed by atoms with Gasteiger partial charge in [0, 0.05) is 31.0 Å².